The molecule has 1 saturated carbocycles. The highest BCUT2D eigenvalue weighted by Gasteiger charge is 2.28. The van der Waals surface area contributed by atoms with Crippen LogP contribution in [0, 0.1) is 13.8 Å². The molecule has 0 radical (unpaired) electrons. The van der Waals surface area contributed by atoms with Crippen LogP contribution >= 0.6 is 23.1 Å². The molecule has 1 aromatic carbocycles. The lowest BCUT2D eigenvalue weighted by molar-refractivity contribution is 0.102. The largest absolute Gasteiger partial charge is 0.361 e. The van der Waals surface area contributed by atoms with Crippen molar-refractivity contribution in [3.63, 3.8) is 0 Å². The van der Waals surface area contributed by atoms with Crippen molar-refractivity contribution in [3.05, 3.63) is 51.9 Å². The van der Waals surface area contributed by atoms with Gasteiger partial charge in [-0.25, -0.2) is 0 Å². The summed E-state index contributed by atoms with van der Waals surface area (Å²) in [6.07, 6.45) is 2.34. The molecule has 1 aliphatic carbocycles. The summed E-state index contributed by atoms with van der Waals surface area (Å²) in [5.41, 5.74) is 2.59. The number of amides is 1. The third-order valence-electron chi connectivity index (χ3n) is 4.27. The molecular weight excluding hydrogens is 368 g/mol. The number of rotatable bonds is 6. The summed E-state index contributed by atoms with van der Waals surface area (Å²) < 4.78 is 5.21. The number of carbonyl (C=O) groups is 1. The van der Waals surface area contributed by atoms with Crippen molar-refractivity contribution in [1.29, 1.82) is 0 Å². The molecule has 0 unspecified atom stereocenters. The molecule has 0 atom stereocenters. The number of hydrogen-bond donors (Lipinski definition) is 1. The van der Waals surface area contributed by atoms with Crippen LogP contribution in [0.5, 0.6) is 0 Å². The van der Waals surface area contributed by atoms with Crippen molar-refractivity contribution in [2.24, 2.45) is 0 Å². The molecule has 6 nitrogen and oxygen atoms in total. The topological polar surface area (TPSA) is 80.9 Å². The lowest BCUT2D eigenvalue weighted by Gasteiger charge is -2.08. The van der Waals surface area contributed by atoms with Gasteiger partial charge in [0.2, 0.25) is 5.13 Å². The van der Waals surface area contributed by atoms with Gasteiger partial charge in [0.05, 0.1) is 11.3 Å². The van der Waals surface area contributed by atoms with E-state index in [1.165, 1.54) is 24.2 Å². The highest BCUT2D eigenvalue weighted by Crippen LogP contribution is 2.42. The molecule has 0 bridgehead atoms. The van der Waals surface area contributed by atoms with Crippen LogP contribution in [0.25, 0.3) is 0 Å². The minimum Gasteiger partial charge on any atom is -0.361 e. The van der Waals surface area contributed by atoms with E-state index in [1.54, 1.807) is 11.8 Å². The fourth-order valence-corrected chi connectivity index (χ4v) is 4.69. The molecule has 0 aliphatic heterocycles. The second-order valence-electron chi connectivity index (χ2n) is 6.26. The minimum absolute atomic E-state index is 0.162. The van der Waals surface area contributed by atoms with Gasteiger partial charge in [-0.3, -0.25) is 10.1 Å². The highest BCUT2D eigenvalue weighted by atomic mass is 32.2. The Labute approximate surface area is 159 Å². The van der Waals surface area contributed by atoms with Gasteiger partial charge in [0.25, 0.3) is 5.91 Å². The predicted molar refractivity (Wildman–Crippen MR) is 102 cm³/mol. The summed E-state index contributed by atoms with van der Waals surface area (Å²) in [6, 6.07) is 7.58. The first-order valence-electron chi connectivity index (χ1n) is 8.40. The fourth-order valence-electron chi connectivity index (χ4n) is 2.58. The van der Waals surface area contributed by atoms with Crippen LogP contribution in [0.2, 0.25) is 0 Å². The van der Waals surface area contributed by atoms with Crippen molar-refractivity contribution in [2.45, 2.75) is 43.3 Å². The minimum atomic E-state index is -0.162. The van der Waals surface area contributed by atoms with Crippen molar-refractivity contribution < 1.29 is 9.32 Å². The van der Waals surface area contributed by atoms with Gasteiger partial charge in [-0.1, -0.05) is 28.6 Å². The van der Waals surface area contributed by atoms with E-state index in [9.17, 15) is 4.79 Å². The summed E-state index contributed by atoms with van der Waals surface area (Å²) in [4.78, 5) is 13.6. The maximum absolute atomic E-state index is 12.7. The second-order valence-corrected chi connectivity index (χ2v) is 8.29. The van der Waals surface area contributed by atoms with Gasteiger partial charge in [0, 0.05) is 22.1 Å². The molecule has 1 fully saturated rings. The third kappa shape index (κ3) is 3.66. The fraction of sp³-hybridized carbons (Fsp3) is 0.333. The number of thioether (sulfide) groups is 1. The first-order valence-corrected chi connectivity index (χ1v) is 10.2. The zero-order chi connectivity index (χ0) is 18.1. The number of carbonyl (C=O) groups excluding carboxylic acids is 1. The average molecular weight is 387 g/mol. The predicted octanol–water partition coefficient (Wildman–Crippen LogP) is 4.56. The summed E-state index contributed by atoms with van der Waals surface area (Å²) in [5.74, 6) is 1.90. The van der Waals surface area contributed by atoms with E-state index in [2.05, 4.69) is 20.7 Å². The number of nitrogens with zero attached hydrogens (tertiary/aromatic N) is 3. The summed E-state index contributed by atoms with van der Waals surface area (Å²) in [7, 11) is 0. The monoisotopic (exact) mass is 386 g/mol. The smallest absolute Gasteiger partial charge is 0.258 e. The van der Waals surface area contributed by atoms with Gasteiger partial charge in [-0.15, -0.1) is 22.0 Å². The molecule has 0 saturated heterocycles. The lowest BCUT2D eigenvalue weighted by atomic mass is 10.2. The molecule has 2 heterocycles. The SMILES string of the molecule is Cc1noc(C)c1CSc1ccccc1C(=O)Nc1nnc(C2CC2)s1. The van der Waals surface area contributed by atoms with Crippen LogP contribution in [-0.2, 0) is 5.75 Å². The van der Waals surface area contributed by atoms with Crippen LogP contribution in [-0.4, -0.2) is 21.3 Å². The van der Waals surface area contributed by atoms with Gasteiger partial charge in [0.15, 0.2) is 0 Å². The van der Waals surface area contributed by atoms with Crippen molar-refractivity contribution >= 4 is 34.1 Å². The van der Waals surface area contributed by atoms with Crippen LogP contribution < -0.4 is 5.32 Å². The summed E-state index contributed by atoms with van der Waals surface area (Å²) >= 11 is 3.06. The zero-order valence-electron chi connectivity index (χ0n) is 14.5. The Morgan fingerprint density at radius 3 is 2.85 bits per heavy atom. The lowest BCUT2D eigenvalue weighted by Crippen LogP contribution is -2.12. The standard InChI is InChI=1S/C18H18N4O2S2/c1-10-14(11(2)24-22-10)9-25-15-6-4-3-5-13(15)16(23)19-18-21-20-17(26-18)12-7-8-12/h3-6,12H,7-9H2,1-2H3,(H,19,21,23). The van der Waals surface area contributed by atoms with E-state index in [1.807, 2.05) is 38.1 Å². The first-order chi connectivity index (χ1) is 12.6. The number of nitrogens with one attached hydrogen (secondary N) is 1. The van der Waals surface area contributed by atoms with E-state index < -0.39 is 0 Å². The molecule has 1 aliphatic rings. The van der Waals surface area contributed by atoms with Crippen LogP contribution in [0.4, 0.5) is 5.13 Å². The summed E-state index contributed by atoms with van der Waals surface area (Å²) in [5, 5.41) is 16.7. The Kier molecular flexibility index (Phi) is 4.78. The van der Waals surface area contributed by atoms with Crippen LogP contribution in [0.3, 0.4) is 0 Å². The quantitative estimate of drug-likeness (QED) is 0.625. The van der Waals surface area contributed by atoms with Gasteiger partial charge >= 0.3 is 0 Å². The van der Waals surface area contributed by atoms with E-state index in [0.717, 1.165) is 26.9 Å². The molecule has 1 N–H and O–H groups in total. The third-order valence-corrected chi connectivity index (χ3v) is 6.37. The van der Waals surface area contributed by atoms with E-state index in [4.69, 9.17) is 4.52 Å². The van der Waals surface area contributed by atoms with Crippen LogP contribution in [0.1, 0.15) is 51.1 Å². The molecule has 2 aromatic heterocycles. The second kappa shape index (κ2) is 7.20. The molecular formula is C18H18N4O2S2. The van der Waals surface area contributed by atoms with Gasteiger partial charge in [0.1, 0.15) is 10.8 Å². The van der Waals surface area contributed by atoms with Crippen LogP contribution in [0.15, 0.2) is 33.7 Å². The molecule has 3 aromatic rings. The van der Waals surface area contributed by atoms with E-state index in [-0.39, 0.29) is 5.91 Å². The molecule has 26 heavy (non-hydrogen) atoms. The van der Waals surface area contributed by atoms with Crippen molar-refractivity contribution in [1.82, 2.24) is 15.4 Å². The van der Waals surface area contributed by atoms with Crippen molar-refractivity contribution in [2.75, 3.05) is 5.32 Å². The Bertz CT molecular complexity index is 927. The Hall–Kier alpha value is -2.19. The van der Waals surface area contributed by atoms with Gasteiger partial charge in [-0.2, -0.15) is 0 Å². The van der Waals surface area contributed by atoms with E-state index >= 15 is 0 Å². The number of hydrogen-bond acceptors (Lipinski definition) is 7. The van der Waals surface area contributed by atoms with Gasteiger partial charge in [-0.05, 0) is 38.8 Å². The maximum Gasteiger partial charge on any atom is 0.258 e. The maximum atomic E-state index is 12.7. The number of aromatic nitrogens is 3. The summed E-state index contributed by atoms with van der Waals surface area (Å²) in [6.45, 7) is 3.83. The van der Waals surface area contributed by atoms with E-state index in [0.29, 0.717) is 22.4 Å². The Balaban J connectivity index is 1.48. The van der Waals surface area contributed by atoms with Gasteiger partial charge < -0.3 is 4.52 Å². The molecule has 0 spiro atoms. The highest BCUT2D eigenvalue weighted by molar-refractivity contribution is 7.98. The Morgan fingerprint density at radius 2 is 2.12 bits per heavy atom. The number of benzene rings is 1. The zero-order valence-corrected chi connectivity index (χ0v) is 16.1. The molecule has 1 amide bonds. The van der Waals surface area contributed by atoms with Crippen molar-refractivity contribution in [3.8, 4) is 0 Å². The number of aryl methyl sites for hydroxylation is 2. The Morgan fingerprint density at radius 1 is 1.31 bits per heavy atom. The normalized spacial score (nSPS) is 13.8. The molecule has 134 valence electrons. The molecule has 4 rings (SSSR count). The molecule has 8 heteroatoms. The first kappa shape index (κ1) is 17.2. The number of anilines is 1. The average Bonchev–Trinajstić information content (AvgIpc) is 3.31.